The van der Waals surface area contributed by atoms with E-state index in [2.05, 4.69) is 31.9 Å². The van der Waals surface area contributed by atoms with Crippen molar-refractivity contribution in [1.82, 2.24) is 19.8 Å². The van der Waals surface area contributed by atoms with Crippen LogP contribution in [0.1, 0.15) is 35.1 Å². The molecule has 1 aliphatic rings. The topological polar surface area (TPSA) is 55.1 Å². The van der Waals surface area contributed by atoms with Gasteiger partial charge in [-0.25, -0.2) is 4.98 Å². The van der Waals surface area contributed by atoms with E-state index in [0.29, 0.717) is 6.04 Å². The van der Waals surface area contributed by atoms with Crippen LogP contribution in [0.4, 0.5) is 5.82 Å². The van der Waals surface area contributed by atoms with Crippen molar-refractivity contribution in [1.29, 1.82) is 0 Å². The molecule has 3 aromatic rings. The standard InChI is InChI=1S/C14H15N5S/c1-9-15-14-6-5-13(18-19(14)17-9)16-11-3-2-4-12-10(11)7-8-20-12/h5-8,11H,2-4H2,1H3,(H,16,18). The van der Waals surface area contributed by atoms with Gasteiger partial charge in [0, 0.05) is 4.88 Å². The van der Waals surface area contributed by atoms with Crippen LogP contribution in [0, 0.1) is 6.92 Å². The maximum Gasteiger partial charge on any atom is 0.176 e. The van der Waals surface area contributed by atoms with Gasteiger partial charge in [-0.2, -0.15) is 0 Å². The molecule has 0 saturated heterocycles. The molecule has 20 heavy (non-hydrogen) atoms. The van der Waals surface area contributed by atoms with Gasteiger partial charge >= 0.3 is 0 Å². The Labute approximate surface area is 120 Å². The SMILES string of the molecule is Cc1nc2ccc(NC3CCCc4sccc43)nn2n1. The van der Waals surface area contributed by atoms with Crippen molar-refractivity contribution in [2.24, 2.45) is 0 Å². The van der Waals surface area contributed by atoms with Gasteiger partial charge in [-0.3, -0.25) is 0 Å². The summed E-state index contributed by atoms with van der Waals surface area (Å²) in [6, 6.07) is 6.52. The summed E-state index contributed by atoms with van der Waals surface area (Å²) in [5.41, 5.74) is 2.21. The second-order valence-electron chi connectivity index (χ2n) is 5.11. The van der Waals surface area contributed by atoms with Crippen LogP contribution in [0.25, 0.3) is 5.65 Å². The fourth-order valence-electron chi connectivity index (χ4n) is 2.78. The van der Waals surface area contributed by atoms with Gasteiger partial charge in [-0.15, -0.1) is 26.2 Å². The highest BCUT2D eigenvalue weighted by atomic mass is 32.1. The quantitative estimate of drug-likeness (QED) is 0.786. The molecule has 4 rings (SSSR count). The van der Waals surface area contributed by atoms with Gasteiger partial charge in [0.2, 0.25) is 0 Å². The summed E-state index contributed by atoms with van der Waals surface area (Å²) >= 11 is 1.86. The molecule has 1 unspecified atom stereocenters. The van der Waals surface area contributed by atoms with Crippen LogP contribution in [0.5, 0.6) is 0 Å². The summed E-state index contributed by atoms with van der Waals surface area (Å²) in [6.45, 7) is 1.88. The zero-order valence-corrected chi connectivity index (χ0v) is 12.0. The van der Waals surface area contributed by atoms with Crippen LogP contribution >= 0.6 is 11.3 Å². The second-order valence-corrected chi connectivity index (χ2v) is 6.11. The molecular weight excluding hydrogens is 270 g/mol. The highest BCUT2D eigenvalue weighted by Crippen LogP contribution is 2.35. The van der Waals surface area contributed by atoms with Crippen molar-refractivity contribution >= 4 is 22.8 Å². The molecule has 0 fully saturated rings. The van der Waals surface area contributed by atoms with Crippen LogP contribution in [0.15, 0.2) is 23.6 Å². The highest BCUT2D eigenvalue weighted by molar-refractivity contribution is 7.10. The first-order valence-corrected chi connectivity index (χ1v) is 7.71. The van der Waals surface area contributed by atoms with Crippen LogP contribution in [-0.2, 0) is 6.42 Å². The molecule has 102 valence electrons. The van der Waals surface area contributed by atoms with Crippen molar-refractivity contribution < 1.29 is 0 Å². The largest absolute Gasteiger partial charge is 0.362 e. The number of nitrogens with zero attached hydrogens (tertiary/aromatic N) is 4. The molecule has 3 heterocycles. The number of hydrogen-bond acceptors (Lipinski definition) is 5. The lowest BCUT2D eigenvalue weighted by Crippen LogP contribution is -2.17. The fourth-order valence-corrected chi connectivity index (χ4v) is 3.77. The van der Waals surface area contributed by atoms with Crippen molar-refractivity contribution in [3.63, 3.8) is 0 Å². The fraction of sp³-hybridized carbons (Fsp3) is 0.357. The number of hydrogen-bond donors (Lipinski definition) is 1. The van der Waals surface area contributed by atoms with E-state index in [4.69, 9.17) is 0 Å². The van der Waals surface area contributed by atoms with Crippen molar-refractivity contribution in [2.45, 2.75) is 32.2 Å². The number of thiophene rings is 1. The van der Waals surface area contributed by atoms with E-state index >= 15 is 0 Å². The van der Waals surface area contributed by atoms with E-state index in [0.717, 1.165) is 23.7 Å². The first kappa shape index (κ1) is 11.8. The van der Waals surface area contributed by atoms with Gasteiger partial charge in [-0.05, 0) is 55.3 Å². The van der Waals surface area contributed by atoms with Crippen molar-refractivity contribution in [2.75, 3.05) is 5.32 Å². The number of aryl methyl sites for hydroxylation is 2. The number of aromatic nitrogens is 4. The second kappa shape index (κ2) is 4.56. The van der Waals surface area contributed by atoms with Crippen molar-refractivity contribution in [3.05, 3.63) is 39.8 Å². The third-order valence-corrected chi connectivity index (χ3v) is 4.68. The summed E-state index contributed by atoms with van der Waals surface area (Å²) in [5, 5.41) is 14.5. The highest BCUT2D eigenvalue weighted by Gasteiger charge is 2.21. The Kier molecular flexibility index (Phi) is 2.70. The molecule has 1 aliphatic carbocycles. The molecular formula is C14H15N5S. The third kappa shape index (κ3) is 1.96. The molecule has 0 aliphatic heterocycles. The lowest BCUT2D eigenvalue weighted by molar-refractivity contribution is 0.604. The van der Waals surface area contributed by atoms with Gasteiger partial charge in [0.05, 0.1) is 6.04 Å². The number of nitrogens with one attached hydrogen (secondary N) is 1. The maximum atomic E-state index is 4.48. The number of fused-ring (bicyclic) bond motifs is 2. The minimum Gasteiger partial charge on any atom is -0.362 e. The average molecular weight is 285 g/mol. The summed E-state index contributed by atoms with van der Waals surface area (Å²) in [6.07, 6.45) is 3.59. The first-order chi connectivity index (χ1) is 9.79. The smallest absolute Gasteiger partial charge is 0.176 e. The van der Waals surface area contributed by atoms with Crippen LogP contribution in [0.2, 0.25) is 0 Å². The van der Waals surface area contributed by atoms with Crippen LogP contribution in [-0.4, -0.2) is 19.8 Å². The summed E-state index contributed by atoms with van der Waals surface area (Å²) in [7, 11) is 0. The molecule has 5 nitrogen and oxygen atoms in total. The van der Waals surface area contributed by atoms with Gasteiger partial charge in [0.15, 0.2) is 5.65 Å². The average Bonchev–Trinajstić information content (AvgIpc) is 3.03. The van der Waals surface area contributed by atoms with E-state index in [1.807, 2.05) is 30.4 Å². The lowest BCUT2D eigenvalue weighted by atomic mass is 9.94. The summed E-state index contributed by atoms with van der Waals surface area (Å²) in [5.74, 6) is 1.60. The molecule has 0 radical (unpaired) electrons. The first-order valence-electron chi connectivity index (χ1n) is 6.83. The molecule has 1 N–H and O–H groups in total. The van der Waals surface area contributed by atoms with E-state index in [-0.39, 0.29) is 0 Å². The van der Waals surface area contributed by atoms with Crippen LogP contribution < -0.4 is 5.32 Å². The Morgan fingerprint density at radius 2 is 2.25 bits per heavy atom. The molecule has 0 amide bonds. The molecule has 3 aromatic heterocycles. The van der Waals surface area contributed by atoms with Gasteiger partial charge in [-0.1, -0.05) is 0 Å². The Balaban J connectivity index is 1.65. The molecule has 0 spiro atoms. The Morgan fingerprint density at radius 3 is 3.20 bits per heavy atom. The lowest BCUT2D eigenvalue weighted by Gasteiger charge is -2.24. The molecule has 0 aromatic carbocycles. The van der Waals surface area contributed by atoms with E-state index in [1.54, 1.807) is 4.63 Å². The van der Waals surface area contributed by atoms with Crippen molar-refractivity contribution in [3.8, 4) is 0 Å². The predicted molar refractivity (Wildman–Crippen MR) is 79.1 cm³/mol. The minimum absolute atomic E-state index is 0.361. The van der Waals surface area contributed by atoms with Gasteiger partial charge in [0.25, 0.3) is 0 Å². The normalized spacial score (nSPS) is 18.1. The number of rotatable bonds is 2. The number of anilines is 1. The zero-order chi connectivity index (χ0) is 13.5. The maximum absolute atomic E-state index is 4.48. The third-order valence-electron chi connectivity index (χ3n) is 3.69. The minimum atomic E-state index is 0.361. The van der Waals surface area contributed by atoms with Gasteiger partial charge < -0.3 is 5.32 Å². The molecule has 0 bridgehead atoms. The summed E-state index contributed by atoms with van der Waals surface area (Å²) < 4.78 is 1.59. The Morgan fingerprint density at radius 1 is 1.30 bits per heavy atom. The molecule has 1 atom stereocenters. The monoisotopic (exact) mass is 285 g/mol. The predicted octanol–water partition coefficient (Wildman–Crippen LogP) is 2.98. The molecule has 0 saturated carbocycles. The Hall–Kier alpha value is -1.95. The summed E-state index contributed by atoms with van der Waals surface area (Å²) in [4.78, 5) is 5.80. The van der Waals surface area contributed by atoms with Gasteiger partial charge in [0.1, 0.15) is 11.6 Å². The Bertz CT molecular complexity index is 760. The van der Waals surface area contributed by atoms with E-state index < -0.39 is 0 Å². The van der Waals surface area contributed by atoms with Crippen LogP contribution in [0.3, 0.4) is 0 Å². The zero-order valence-electron chi connectivity index (χ0n) is 11.2. The molecule has 6 heteroatoms. The van der Waals surface area contributed by atoms with E-state index in [1.165, 1.54) is 23.3 Å². The van der Waals surface area contributed by atoms with E-state index in [9.17, 15) is 0 Å².